The zero-order valence-electron chi connectivity index (χ0n) is 39.4. The molecule has 10 bridgehead atoms. The molecule has 0 saturated heterocycles. The second-order valence-electron chi connectivity index (χ2n) is 15.9. The molecule has 8 N–H and O–H groups in total. The van der Waals surface area contributed by atoms with Crippen molar-refractivity contribution in [3.63, 3.8) is 0 Å². The number of aliphatic hydroxyl groups excluding tert-OH is 2. The Bertz CT molecular complexity index is 3420. The molecule has 1 aliphatic heterocycles. The molecule has 7 aromatic heterocycles. The van der Waals surface area contributed by atoms with Crippen LogP contribution in [0.15, 0.2) is 64.0 Å². The van der Waals surface area contributed by atoms with E-state index in [1.807, 2.05) is 0 Å². The van der Waals surface area contributed by atoms with E-state index in [0.717, 1.165) is 34.0 Å². The predicted octanol–water partition coefficient (Wildman–Crippen LogP) is 5.98. The molecular weight excluding hydrogens is 1090 g/mol. The van der Waals surface area contributed by atoms with Crippen molar-refractivity contribution in [1.29, 1.82) is 0 Å². The van der Waals surface area contributed by atoms with Gasteiger partial charge in [0.05, 0.1) is 42.8 Å². The molecule has 8 aromatic rings. The van der Waals surface area contributed by atoms with Gasteiger partial charge in [0.1, 0.15) is 83.8 Å². The van der Waals surface area contributed by atoms with Crippen molar-refractivity contribution in [2.75, 3.05) is 44.5 Å². The maximum Gasteiger partial charge on any atom is 0.412 e. The summed E-state index contributed by atoms with van der Waals surface area (Å²) in [6.45, 7) is 0.530. The number of hydrogen-bond acceptors (Lipinski definition) is 23. The molecule has 0 aliphatic carbocycles. The van der Waals surface area contributed by atoms with Crippen molar-refractivity contribution in [1.82, 2.24) is 56.2 Å². The normalized spacial score (nSPS) is 15.5. The molecule has 9 rings (SSSR count). The number of nitrogens with zero attached hydrogens (tertiary/aromatic N) is 7. The maximum absolute atomic E-state index is 14.1. The van der Waals surface area contributed by atoms with E-state index < -0.39 is 60.4 Å². The smallest absolute Gasteiger partial charge is 0.412 e. The minimum atomic E-state index is -1.28. The molecule has 6 amide bonds. The first-order chi connectivity index (χ1) is 36.3. The number of anilines is 2. The first kappa shape index (κ1) is 52.5. The lowest BCUT2D eigenvalue weighted by Crippen LogP contribution is -2.40. The van der Waals surface area contributed by atoms with E-state index in [-0.39, 0.29) is 59.3 Å². The summed E-state index contributed by atoms with van der Waals surface area (Å²) in [4.78, 5) is 114. The quantitative estimate of drug-likeness (QED) is 0.0781. The third kappa shape index (κ3) is 12.1. The SMILES string of the molecule is CNC(=O)C[C@@H]1NC(=O)c2csc(n2)-c2ccc(-c3nc(NC(=O)OCCO)cs3)nc2-c2csc(n2)-c2csc(n2)[C@H]([C@@H](O)c2ccccc2)NC(=O)CNC(=O)c2nc(sc2COC)NC(=O)c2nc1sc2C. The fourth-order valence-corrected chi connectivity index (χ4v) is 12.4. The standard InChI is InChI=1S/C46H41N13O10S6/c1-20-32-39(66)59-45-58-34(28(75-45)15-68-3)38(65)48-14-31(62)56-35(36(63)21-7-5-4-6-8-21)44-53-27(18-72-44)42-51-25(16-71-42)33-22(9-10-23(49-33)41-54-29(19-73-41)55-46(67)69-12-11-60)40-52-26(17-70-40)37(64)50-24(13-30(61)47-2)43(57-32)74-20/h4-10,16-19,24,35-36,60,63H,11-15H2,1-3H3,(H,47,61)(H,48,65)(H,50,64)(H,55,67)(H,56,62)(H,58,59,66)/t24-,35-,36-/m0/s1. The highest BCUT2D eigenvalue weighted by Crippen LogP contribution is 2.40. The van der Waals surface area contributed by atoms with Gasteiger partial charge in [-0.05, 0) is 24.6 Å². The van der Waals surface area contributed by atoms with Crippen LogP contribution in [-0.4, -0.2) is 115 Å². The largest absolute Gasteiger partial charge is 0.447 e. The minimum Gasteiger partial charge on any atom is -0.447 e. The Labute approximate surface area is 448 Å². The zero-order valence-corrected chi connectivity index (χ0v) is 44.3. The monoisotopic (exact) mass is 1130 g/mol. The highest BCUT2D eigenvalue weighted by atomic mass is 32.1. The van der Waals surface area contributed by atoms with E-state index in [2.05, 4.69) is 46.9 Å². The van der Waals surface area contributed by atoms with Gasteiger partial charge in [-0.2, -0.15) is 0 Å². The summed E-state index contributed by atoms with van der Waals surface area (Å²) in [5.41, 5.74) is 2.46. The molecule has 3 atom stereocenters. The Morgan fingerprint density at radius 1 is 0.760 bits per heavy atom. The summed E-state index contributed by atoms with van der Waals surface area (Å²) in [6, 6.07) is 10.1. The highest BCUT2D eigenvalue weighted by Gasteiger charge is 2.31. The average molecular weight is 1130 g/mol. The van der Waals surface area contributed by atoms with E-state index >= 15 is 0 Å². The molecule has 1 aromatic carbocycles. The van der Waals surface area contributed by atoms with Crippen molar-refractivity contribution in [3.05, 3.63) is 106 Å². The van der Waals surface area contributed by atoms with E-state index in [1.165, 1.54) is 48.2 Å². The number of aromatic nitrogens is 7. The Hall–Kier alpha value is -7.35. The zero-order chi connectivity index (χ0) is 52.8. The number of carbonyl (C=O) groups is 6. The number of rotatable bonds is 10. The average Bonchev–Trinajstić information content (AvgIpc) is 4.29. The Kier molecular flexibility index (Phi) is 16.4. The van der Waals surface area contributed by atoms with Gasteiger partial charge in [-0.3, -0.25) is 34.6 Å². The molecule has 23 nitrogen and oxygen atoms in total. The number of benzene rings is 1. The molecular formula is C46H41N13O10S6. The fraction of sp³-hybridized carbons (Fsp3) is 0.239. The third-order valence-electron chi connectivity index (χ3n) is 10.8. The summed E-state index contributed by atoms with van der Waals surface area (Å²) < 4.78 is 10.2. The van der Waals surface area contributed by atoms with Gasteiger partial charge in [0, 0.05) is 46.1 Å². The van der Waals surface area contributed by atoms with Crippen LogP contribution in [0.25, 0.3) is 43.4 Å². The van der Waals surface area contributed by atoms with Crippen molar-refractivity contribution < 1.29 is 48.5 Å². The number of thiazole rings is 6. The topological polar surface area (TPSA) is 324 Å². The highest BCUT2D eigenvalue weighted by molar-refractivity contribution is 7.16. The van der Waals surface area contributed by atoms with Crippen LogP contribution in [0.3, 0.4) is 0 Å². The molecule has 0 unspecified atom stereocenters. The van der Waals surface area contributed by atoms with E-state index in [4.69, 9.17) is 34.5 Å². The van der Waals surface area contributed by atoms with E-state index in [1.54, 1.807) is 70.9 Å². The Morgan fingerprint density at radius 3 is 2.29 bits per heavy atom. The van der Waals surface area contributed by atoms with Crippen LogP contribution < -0.4 is 31.9 Å². The molecule has 8 heterocycles. The van der Waals surface area contributed by atoms with Gasteiger partial charge in [-0.25, -0.2) is 39.7 Å². The Balaban J connectivity index is 1.12. The van der Waals surface area contributed by atoms with Gasteiger partial charge in [0.15, 0.2) is 5.13 Å². The number of methoxy groups -OCH3 is 1. The Morgan fingerprint density at radius 2 is 1.51 bits per heavy atom. The number of nitrogens with one attached hydrogen (secondary N) is 6. The second kappa shape index (κ2) is 23.5. The first-order valence-corrected chi connectivity index (χ1v) is 27.4. The maximum atomic E-state index is 14.1. The third-order valence-corrected chi connectivity index (χ3v) is 16.3. The van der Waals surface area contributed by atoms with Crippen molar-refractivity contribution in [3.8, 4) is 43.4 Å². The predicted molar refractivity (Wildman–Crippen MR) is 282 cm³/mol. The molecule has 0 saturated carbocycles. The molecule has 0 radical (unpaired) electrons. The number of hydrogen-bond donors (Lipinski definition) is 8. The van der Waals surface area contributed by atoms with Gasteiger partial charge in [0.25, 0.3) is 17.7 Å². The van der Waals surface area contributed by atoms with Crippen LogP contribution in [0.5, 0.6) is 0 Å². The van der Waals surface area contributed by atoms with Gasteiger partial charge in [-0.1, -0.05) is 41.7 Å². The lowest BCUT2D eigenvalue weighted by atomic mass is 10.0. The molecule has 75 heavy (non-hydrogen) atoms. The fourth-order valence-electron chi connectivity index (χ4n) is 7.26. The van der Waals surface area contributed by atoms with Crippen LogP contribution in [0, 0.1) is 6.92 Å². The van der Waals surface area contributed by atoms with Crippen LogP contribution in [-0.2, 0) is 25.7 Å². The van der Waals surface area contributed by atoms with E-state index in [0.29, 0.717) is 63.7 Å². The molecule has 386 valence electrons. The number of pyridine rings is 1. The van der Waals surface area contributed by atoms with Crippen LogP contribution >= 0.6 is 68.0 Å². The van der Waals surface area contributed by atoms with Gasteiger partial charge in [0.2, 0.25) is 11.8 Å². The molecule has 0 spiro atoms. The van der Waals surface area contributed by atoms with Gasteiger partial charge in [-0.15, -0.1) is 56.7 Å². The molecule has 0 fully saturated rings. The number of ether oxygens (including phenoxy) is 2. The van der Waals surface area contributed by atoms with Crippen molar-refractivity contribution in [2.45, 2.75) is 38.1 Å². The summed E-state index contributed by atoms with van der Waals surface area (Å²) in [5.74, 6) is -2.92. The van der Waals surface area contributed by atoms with Crippen molar-refractivity contribution in [2.24, 2.45) is 0 Å². The number of carbonyl (C=O) groups excluding carboxylic acids is 6. The van der Waals surface area contributed by atoms with Gasteiger partial charge >= 0.3 is 6.09 Å². The summed E-state index contributed by atoms with van der Waals surface area (Å²) >= 11 is 6.87. The number of aliphatic hydroxyl groups is 2. The number of amides is 6. The lowest BCUT2D eigenvalue weighted by Gasteiger charge is -2.23. The van der Waals surface area contributed by atoms with Crippen LogP contribution in [0.1, 0.15) is 81.4 Å². The second-order valence-corrected chi connectivity index (χ2v) is 21.7. The van der Waals surface area contributed by atoms with Crippen molar-refractivity contribution >= 4 is 115 Å². The number of aryl methyl sites for hydroxylation is 1. The minimum absolute atomic E-state index is 0.0128. The van der Waals surface area contributed by atoms with Crippen LogP contribution in [0.4, 0.5) is 15.7 Å². The summed E-state index contributed by atoms with van der Waals surface area (Å²) in [5, 5.41) is 45.5. The number of fused-ring (bicyclic) bond motifs is 14. The van der Waals surface area contributed by atoms with Crippen LogP contribution in [0.2, 0.25) is 0 Å². The first-order valence-electron chi connectivity index (χ1n) is 22.3. The van der Waals surface area contributed by atoms with Gasteiger partial charge < -0.3 is 41.0 Å². The molecule has 29 heteroatoms. The molecule has 1 aliphatic rings. The summed E-state index contributed by atoms with van der Waals surface area (Å²) in [6.07, 6.45) is -2.31. The summed E-state index contributed by atoms with van der Waals surface area (Å²) in [7, 11) is 2.88. The van der Waals surface area contributed by atoms with E-state index in [9.17, 15) is 33.9 Å². The lowest BCUT2D eigenvalue weighted by molar-refractivity contribution is -0.122.